The zero-order valence-corrected chi connectivity index (χ0v) is 21.8. The largest absolute Gasteiger partial charge is 0.462 e. The fourth-order valence-electron chi connectivity index (χ4n) is 3.73. The highest BCUT2D eigenvalue weighted by molar-refractivity contribution is 5.93. The standard InChI is InChI=1S/C29H28NO4.C2H6.CH4/c1-4-6-7-24-19-30(26-16-17-27(29(31)33-5-2)28(18-26)34-32-3)20-25(24)13-10-21-8-11-22(12-9-21)23-14-15-23;1-2;/h8-9,11-12,14-20H,4-5,10,13H2,1-3H3;1-2H3;1H4. The van der Waals surface area contributed by atoms with Gasteiger partial charge in [-0.25, -0.2) is 4.79 Å². The molecule has 0 saturated carbocycles. The third kappa shape index (κ3) is 7.87. The maximum Gasteiger partial charge on any atom is 0.342 e. The Morgan fingerprint density at radius 3 is 2.35 bits per heavy atom. The molecule has 5 heteroatoms. The van der Waals surface area contributed by atoms with Gasteiger partial charge < -0.3 is 14.2 Å². The predicted molar refractivity (Wildman–Crippen MR) is 151 cm³/mol. The van der Waals surface area contributed by atoms with Crippen molar-refractivity contribution >= 4 is 11.5 Å². The van der Waals surface area contributed by atoms with Crippen molar-refractivity contribution in [3.8, 4) is 23.3 Å². The molecule has 0 fully saturated rings. The summed E-state index contributed by atoms with van der Waals surface area (Å²) in [7, 11) is 1.40. The van der Waals surface area contributed by atoms with E-state index in [0.717, 1.165) is 30.5 Å². The molecule has 37 heavy (non-hydrogen) atoms. The van der Waals surface area contributed by atoms with E-state index in [9.17, 15) is 4.79 Å². The summed E-state index contributed by atoms with van der Waals surface area (Å²) in [5.41, 5.74) is 7.20. The lowest BCUT2D eigenvalue weighted by Crippen LogP contribution is -2.08. The molecular formula is C32H38NO4. The van der Waals surface area contributed by atoms with Gasteiger partial charge in [0.15, 0.2) is 5.75 Å². The van der Waals surface area contributed by atoms with Crippen LogP contribution in [0.25, 0.3) is 11.3 Å². The van der Waals surface area contributed by atoms with E-state index < -0.39 is 5.97 Å². The number of carbonyl (C=O) groups excluding carboxylic acids is 1. The van der Waals surface area contributed by atoms with Gasteiger partial charge >= 0.3 is 5.97 Å². The van der Waals surface area contributed by atoms with Crippen LogP contribution < -0.4 is 4.89 Å². The Balaban J connectivity index is 0.00000157. The second-order valence-electron chi connectivity index (χ2n) is 7.90. The van der Waals surface area contributed by atoms with Crippen LogP contribution in [0.1, 0.15) is 74.2 Å². The van der Waals surface area contributed by atoms with Crippen LogP contribution in [0.5, 0.6) is 5.75 Å². The number of aromatic nitrogens is 1. The van der Waals surface area contributed by atoms with E-state index in [1.165, 1.54) is 29.4 Å². The number of rotatable bonds is 9. The first-order chi connectivity index (χ1) is 17.6. The van der Waals surface area contributed by atoms with Crippen molar-refractivity contribution in [1.29, 1.82) is 0 Å². The fourth-order valence-corrected chi connectivity index (χ4v) is 3.73. The maximum absolute atomic E-state index is 12.3. The number of hydrogen-bond acceptors (Lipinski definition) is 4. The molecule has 1 aliphatic rings. The molecule has 0 N–H and O–H groups in total. The molecule has 0 atom stereocenters. The molecule has 1 aromatic heterocycles. The average molecular weight is 501 g/mol. The minimum Gasteiger partial charge on any atom is -0.462 e. The van der Waals surface area contributed by atoms with Crippen molar-refractivity contribution in [3.05, 3.63) is 95.2 Å². The predicted octanol–water partition coefficient (Wildman–Crippen LogP) is 7.40. The minimum atomic E-state index is -0.453. The zero-order valence-electron chi connectivity index (χ0n) is 21.8. The van der Waals surface area contributed by atoms with E-state index in [0.29, 0.717) is 11.3 Å². The van der Waals surface area contributed by atoms with E-state index >= 15 is 0 Å². The van der Waals surface area contributed by atoms with Crippen LogP contribution in [-0.4, -0.2) is 24.3 Å². The molecule has 195 valence electrons. The van der Waals surface area contributed by atoms with Gasteiger partial charge in [0.1, 0.15) is 5.56 Å². The lowest BCUT2D eigenvalue weighted by atomic mass is 10.0. The lowest BCUT2D eigenvalue weighted by Gasteiger charge is -2.10. The SMILES string of the molecule is C.CC.CCC#Cc1cn(-c2ccc(C(=O)OCC)c(OOC)c2)cc1CCc1ccc(C2=C[CH]2)cc1. The molecule has 1 radical (unpaired) electrons. The lowest BCUT2D eigenvalue weighted by molar-refractivity contribution is -0.178. The number of ether oxygens (including phenoxy) is 1. The number of nitrogens with zero attached hydrogens (tertiary/aromatic N) is 1. The van der Waals surface area contributed by atoms with Gasteiger partial charge in [0.25, 0.3) is 0 Å². The number of hydrogen-bond donors (Lipinski definition) is 0. The smallest absolute Gasteiger partial charge is 0.342 e. The summed E-state index contributed by atoms with van der Waals surface area (Å²) < 4.78 is 7.13. The van der Waals surface area contributed by atoms with Crippen molar-refractivity contribution in [3.63, 3.8) is 0 Å². The molecule has 4 rings (SSSR count). The Morgan fingerprint density at radius 1 is 1.00 bits per heavy atom. The molecule has 1 aliphatic carbocycles. The number of aryl methyl sites for hydroxylation is 2. The van der Waals surface area contributed by atoms with Crippen molar-refractivity contribution in [2.75, 3.05) is 13.7 Å². The fraction of sp³-hybridized carbons (Fsp3) is 0.312. The highest BCUT2D eigenvalue weighted by Gasteiger charge is 2.17. The van der Waals surface area contributed by atoms with Gasteiger partial charge in [-0.1, -0.05) is 70.4 Å². The minimum absolute atomic E-state index is 0. The summed E-state index contributed by atoms with van der Waals surface area (Å²) in [6, 6.07) is 14.0. The number of benzene rings is 2. The van der Waals surface area contributed by atoms with Crippen molar-refractivity contribution in [2.24, 2.45) is 0 Å². The van der Waals surface area contributed by atoms with Crippen LogP contribution in [0.2, 0.25) is 0 Å². The molecular weight excluding hydrogens is 462 g/mol. The first-order valence-electron chi connectivity index (χ1n) is 12.5. The third-order valence-electron chi connectivity index (χ3n) is 5.54. The second-order valence-corrected chi connectivity index (χ2v) is 7.90. The molecule has 0 amide bonds. The summed E-state index contributed by atoms with van der Waals surface area (Å²) in [6.07, 6.45) is 10.9. The number of allylic oxidation sites excluding steroid dienone is 2. The molecule has 5 nitrogen and oxygen atoms in total. The monoisotopic (exact) mass is 500 g/mol. The molecule has 0 saturated heterocycles. The second kappa shape index (κ2) is 14.7. The van der Waals surface area contributed by atoms with Gasteiger partial charge in [0.2, 0.25) is 0 Å². The quantitative estimate of drug-likeness (QED) is 0.133. The van der Waals surface area contributed by atoms with Crippen LogP contribution in [0.3, 0.4) is 0 Å². The Labute approximate surface area is 222 Å². The molecule has 0 unspecified atom stereocenters. The van der Waals surface area contributed by atoms with Crippen LogP contribution in [0.4, 0.5) is 0 Å². The van der Waals surface area contributed by atoms with Crippen molar-refractivity contribution < 1.29 is 19.3 Å². The van der Waals surface area contributed by atoms with E-state index in [2.05, 4.69) is 54.8 Å². The summed E-state index contributed by atoms with van der Waals surface area (Å²) in [4.78, 5) is 22.4. The summed E-state index contributed by atoms with van der Waals surface area (Å²) in [6.45, 7) is 8.09. The molecule has 3 aromatic rings. The average Bonchev–Trinajstić information content (AvgIpc) is 3.68. The number of esters is 1. The van der Waals surface area contributed by atoms with Crippen LogP contribution in [0, 0.1) is 18.3 Å². The van der Waals surface area contributed by atoms with E-state index in [1.54, 1.807) is 19.1 Å². The van der Waals surface area contributed by atoms with Crippen LogP contribution in [-0.2, 0) is 22.5 Å². The Kier molecular flexibility index (Phi) is 11.7. The Bertz CT molecular complexity index is 1260. The topological polar surface area (TPSA) is 49.7 Å². The zero-order chi connectivity index (χ0) is 25.9. The number of carbonyl (C=O) groups is 1. The highest BCUT2D eigenvalue weighted by Crippen LogP contribution is 2.30. The Hall–Kier alpha value is -3.75. The first kappa shape index (κ1) is 29.5. The summed E-state index contributed by atoms with van der Waals surface area (Å²) in [5.74, 6) is 6.33. The Morgan fingerprint density at radius 2 is 1.73 bits per heavy atom. The van der Waals surface area contributed by atoms with Crippen molar-refractivity contribution in [1.82, 2.24) is 4.57 Å². The molecule has 0 aliphatic heterocycles. The van der Waals surface area contributed by atoms with Gasteiger partial charge in [-0.05, 0) is 54.2 Å². The van der Waals surface area contributed by atoms with Crippen LogP contribution >= 0.6 is 0 Å². The molecule has 2 aromatic carbocycles. The molecule has 1 heterocycles. The van der Waals surface area contributed by atoms with E-state index in [1.807, 2.05) is 37.6 Å². The first-order valence-corrected chi connectivity index (χ1v) is 12.5. The van der Waals surface area contributed by atoms with E-state index in [4.69, 9.17) is 14.5 Å². The maximum atomic E-state index is 12.3. The van der Waals surface area contributed by atoms with Crippen LogP contribution in [0.15, 0.2) is 60.9 Å². The van der Waals surface area contributed by atoms with Crippen molar-refractivity contribution in [2.45, 2.75) is 54.4 Å². The van der Waals surface area contributed by atoms with Gasteiger partial charge in [-0.15, -0.1) is 0 Å². The summed E-state index contributed by atoms with van der Waals surface area (Å²) >= 11 is 0. The molecule has 0 bridgehead atoms. The van der Waals surface area contributed by atoms with Gasteiger partial charge in [0.05, 0.1) is 13.7 Å². The molecule has 0 spiro atoms. The van der Waals surface area contributed by atoms with Gasteiger partial charge in [-0.3, -0.25) is 0 Å². The van der Waals surface area contributed by atoms with Gasteiger partial charge in [-0.2, -0.15) is 4.89 Å². The van der Waals surface area contributed by atoms with E-state index in [-0.39, 0.29) is 14.0 Å². The van der Waals surface area contributed by atoms with Gasteiger partial charge in [0, 0.05) is 42.6 Å². The normalized spacial score (nSPS) is 11.1. The summed E-state index contributed by atoms with van der Waals surface area (Å²) in [5, 5.41) is 0. The highest BCUT2D eigenvalue weighted by atomic mass is 17.2. The third-order valence-corrected chi connectivity index (χ3v) is 5.54.